The van der Waals surface area contributed by atoms with Gasteiger partial charge in [-0.25, -0.2) is 8.42 Å². The normalized spacial score (nSPS) is 16.7. The van der Waals surface area contributed by atoms with E-state index < -0.39 is 20.5 Å². The Morgan fingerprint density at radius 2 is 1.76 bits per heavy atom. The van der Waals surface area contributed by atoms with Crippen LogP contribution in [0.1, 0.15) is 33.9 Å². The number of hydrogen-bond acceptors (Lipinski definition) is 3. The second-order valence-corrected chi connectivity index (χ2v) is 7.92. The molecule has 2 aromatic rings. The molecule has 3 rings (SSSR count). The summed E-state index contributed by atoms with van der Waals surface area (Å²) in [4.78, 5) is 13.8. The van der Waals surface area contributed by atoms with Crippen LogP contribution in [0.5, 0.6) is 0 Å². The molecule has 0 spiro atoms. The van der Waals surface area contributed by atoms with E-state index >= 15 is 0 Å². The van der Waals surface area contributed by atoms with Gasteiger partial charge in [-0.3, -0.25) is 4.79 Å². The molecule has 7 heteroatoms. The van der Waals surface area contributed by atoms with Gasteiger partial charge in [0.05, 0.1) is 10.9 Å². The predicted octanol–water partition coefficient (Wildman–Crippen LogP) is 3.44. The molecule has 0 saturated carbocycles. The number of alkyl halides is 2. The van der Waals surface area contributed by atoms with Gasteiger partial charge < -0.3 is 4.90 Å². The van der Waals surface area contributed by atoms with E-state index in [1.54, 1.807) is 11.9 Å². The summed E-state index contributed by atoms with van der Waals surface area (Å²) in [6.07, 6.45) is 1.71. The summed E-state index contributed by atoms with van der Waals surface area (Å²) >= 11 is 0. The fraction of sp³-hybridized carbons (Fsp3) is 0.278. The summed E-state index contributed by atoms with van der Waals surface area (Å²) in [7, 11) is -2.96. The molecule has 2 aromatic carbocycles. The van der Waals surface area contributed by atoms with E-state index in [2.05, 4.69) is 0 Å². The lowest BCUT2D eigenvalue weighted by atomic mass is 10.1. The monoisotopic (exact) mass is 365 g/mol. The summed E-state index contributed by atoms with van der Waals surface area (Å²) in [5, 5.41) is 0. The summed E-state index contributed by atoms with van der Waals surface area (Å²) in [5.41, 5.74) is 2.58. The van der Waals surface area contributed by atoms with Crippen LogP contribution in [0.3, 0.4) is 0 Å². The van der Waals surface area contributed by atoms with Gasteiger partial charge in [0.25, 0.3) is 5.91 Å². The number of hydrogen-bond donors (Lipinski definition) is 0. The average Bonchev–Trinajstić information content (AvgIpc) is 3.04. The Morgan fingerprint density at radius 3 is 2.40 bits per heavy atom. The number of nitrogens with zero attached hydrogens (tertiary/aromatic N) is 1. The predicted molar refractivity (Wildman–Crippen MR) is 89.2 cm³/mol. The maximum atomic E-state index is 12.7. The smallest absolute Gasteiger partial charge is 0.335 e. The van der Waals surface area contributed by atoms with Crippen LogP contribution in [-0.4, -0.2) is 32.0 Å². The van der Waals surface area contributed by atoms with Gasteiger partial charge in [0, 0.05) is 12.6 Å². The fourth-order valence-electron chi connectivity index (χ4n) is 3.17. The Hall–Kier alpha value is -2.28. The first-order valence-electron chi connectivity index (χ1n) is 7.79. The van der Waals surface area contributed by atoms with Crippen molar-refractivity contribution in [2.24, 2.45) is 0 Å². The number of rotatable bonds is 4. The van der Waals surface area contributed by atoms with Gasteiger partial charge in [-0.15, -0.1) is 0 Å². The van der Waals surface area contributed by atoms with Gasteiger partial charge in [-0.2, -0.15) is 8.78 Å². The second kappa shape index (κ2) is 6.55. The molecule has 0 bridgehead atoms. The second-order valence-electron chi connectivity index (χ2n) is 6.00. The molecule has 4 nitrogen and oxygen atoms in total. The molecule has 0 heterocycles. The van der Waals surface area contributed by atoms with E-state index in [0.29, 0.717) is 0 Å². The lowest BCUT2D eigenvalue weighted by Gasteiger charge is -2.25. The molecule has 132 valence electrons. The Bertz CT molecular complexity index is 895. The maximum absolute atomic E-state index is 12.7. The van der Waals surface area contributed by atoms with E-state index in [4.69, 9.17) is 0 Å². The Kier molecular flexibility index (Phi) is 4.60. The number of amides is 1. The molecule has 1 amide bonds. The Balaban J connectivity index is 1.82. The van der Waals surface area contributed by atoms with Gasteiger partial charge >= 0.3 is 5.76 Å². The maximum Gasteiger partial charge on any atom is 0.341 e. The minimum Gasteiger partial charge on any atom is -0.335 e. The SMILES string of the molecule is CN(C(=O)c1ccc(S(=O)(=O)C(F)F)cc1)[C@H]1CCc2ccccc21. The highest BCUT2D eigenvalue weighted by atomic mass is 32.2. The van der Waals surface area contributed by atoms with Crippen molar-refractivity contribution in [3.05, 3.63) is 65.2 Å². The third-order valence-electron chi connectivity index (χ3n) is 4.55. The Labute approximate surface area is 145 Å². The number of aryl methyl sites for hydroxylation is 1. The molecule has 0 N–H and O–H groups in total. The molecule has 25 heavy (non-hydrogen) atoms. The van der Waals surface area contributed by atoms with Crippen molar-refractivity contribution in [1.82, 2.24) is 4.90 Å². The van der Waals surface area contributed by atoms with Crippen molar-refractivity contribution in [3.63, 3.8) is 0 Å². The van der Waals surface area contributed by atoms with Crippen molar-refractivity contribution in [2.45, 2.75) is 29.5 Å². The van der Waals surface area contributed by atoms with E-state index in [9.17, 15) is 22.0 Å². The molecule has 0 radical (unpaired) electrons. The summed E-state index contributed by atoms with van der Waals surface area (Å²) in [5.74, 6) is -3.76. The lowest BCUT2D eigenvalue weighted by Crippen LogP contribution is -2.30. The zero-order valence-electron chi connectivity index (χ0n) is 13.5. The molecule has 0 fully saturated rings. The molecule has 0 aromatic heterocycles. The quantitative estimate of drug-likeness (QED) is 0.834. The van der Waals surface area contributed by atoms with Gasteiger partial charge in [0.2, 0.25) is 9.84 Å². The standard InChI is InChI=1S/C18H17F2NO3S/c1-21(16-11-8-12-4-2-3-5-15(12)16)17(22)13-6-9-14(10-7-13)25(23,24)18(19)20/h2-7,9-10,16,18H,8,11H2,1H3/t16-/m0/s1. The largest absolute Gasteiger partial charge is 0.341 e. The van der Waals surface area contributed by atoms with Crippen LogP contribution in [0.2, 0.25) is 0 Å². The summed E-state index contributed by atoms with van der Waals surface area (Å²) < 4.78 is 48.0. The third-order valence-corrected chi connectivity index (χ3v) is 5.95. The number of benzene rings is 2. The molecule has 0 saturated heterocycles. The molecular weight excluding hydrogens is 348 g/mol. The summed E-state index contributed by atoms with van der Waals surface area (Å²) in [6, 6.07) is 12.5. The molecule has 1 aliphatic carbocycles. The van der Waals surface area contributed by atoms with Crippen molar-refractivity contribution in [3.8, 4) is 0 Å². The van der Waals surface area contributed by atoms with Crippen LogP contribution in [0.15, 0.2) is 53.4 Å². The molecule has 1 atom stereocenters. The lowest BCUT2D eigenvalue weighted by molar-refractivity contribution is 0.0730. The van der Waals surface area contributed by atoms with E-state index in [-0.39, 0.29) is 17.5 Å². The van der Waals surface area contributed by atoms with E-state index in [0.717, 1.165) is 30.5 Å². The van der Waals surface area contributed by atoms with Crippen LogP contribution >= 0.6 is 0 Å². The number of halogens is 2. The van der Waals surface area contributed by atoms with Gasteiger partial charge in [-0.1, -0.05) is 24.3 Å². The minimum absolute atomic E-state index is 0.0480. The first kappa shape index (κ1) is 17.5. The van der Waals surface area contributed by atoms with Crippen molar-refractivity contribution in [1.29, 1.82) is 0 Å². The average molecular weight is 365 g/mol. The van der Waals surface area contributed by atoms with Crippen LogP contribution < -0.4 is 0 Å². The van der Waals surface area contributed by atoms with E-state index in [1.165, 1.54) is 17.7 Å². The molecule has 0 unspecified atom stereocenters. The van der Waals surface area contributed by atoms with Gasteiger partial charge in [0.1, 0.15) is 0 Å². The number of sulfone groups is 1. The van der Waals surface area contributed by atoms with E-state index in [1.807, 2.05) is 24.3 Å². The van der Waals surface area contributed by atoms with Gasteiger partial charge in [-0.05, 0) is 48.2 Å². The van der Waals surface area contributed by atoms with Crippen LogP contribution in [0.4, 0.5) is 8.78 Å². The number of carbonyl (C=O) groups excluding carboxylic acids is 1. The van der Waals surface area contributed by atoms with Crippen LogP contribution in [-0.2, 0) is 16.3 Å². The minimum atomic E-state index is -4.65. The zero-order valence-corrected chi connectivity index (χ0v) is 14.3. The third kappa shape index (κ3) is 3.16. The number of carbonyl (C=O) groups is 1. The first-order valence-corrected chi connectivity index (χ1v) is 9.34. The molecule has 1 aliphatic rings. The molecular formula is C18H17F2NO3S. The topological polar surface area (TPSA) is 54.5 Å². The highest BCUT2D eigenvalue weighted by Gasteiger charge is 2.30. The highest BCUT2D eigenvalue weighted by Crippen LogP contribution is 2.35. The van der Waals surface area contributed by atoms with Crippen molar-refractivity contribution >= 4 is 15.7 Å². The van der Waals surface area contributed by atoms with Crippen LogP contribution in [0, 0.1) is 0 Å². The number of fused-ring (bicyclic) bond motifs is 1. The summed E-state index contributed by atoms with van der Waals surface area (Å²) in [6.45, 7) is 0. The van der Waals surface area contributed by atoms with Crippen molar-refractivity contribution < 1.29 is 22.0 Å². The zero-order chi connectivity index (χ0) is 18.2. The fourth-order valence-corrected chi connectivity index (χ4v) is 3.89. The van der Waals surface area contributed by atoms with Gasteiger partial charge in [0.15, 0.2) is 0 Å². The first-order chi connectivity index (χ1) is 11.8. The van der Waals surface area contributed by atoms with Crippen LogP contribution in [0.25, 0.3) is 0 Å². The van der Waals surface area contributed by atoms with Crippen molar-refractivity contribution in [2.75, 3.05) is 7.05 Å². The molecule has 0 aliphatic heterocycles. The Morgan fingerprint density at radius 1 is 1.12 bits per heavy atom. The highest BCUT2D eigenvalue weighted by molar-refractivity contribution is 7.91.